The lowest BCUT2D eigenvalue weighted by molar-refractivity contribution is 0.190. The Balaban J connectivity index is 2.14. The first-order valence-electron chi connectivity index (χ1n) is 6.48. The van der Waals surface area contributed by atoms with E-state index in [2.05, 4.69) is 5.32 Å². The Labute approximate surface area is 113 Å². The molecule has 0 saturated carbocycles. The number of rotatable bonds is 1. The Kier molecular flexibility index (Phi) is 3.66. The van der Waals surface area contributed by atoms with Gasteiger partial charge in [-0.05, 0) is 53.4 Å². The third kappa shape index (κ3) is 3.05. The van der Waals surface area contributed by atoms with Gasteiger partial charge >= 0.3 is 6.09 Å². The molecule has 0 aromatic carbocycles. The summed E-state index contributed by atoms with van der Waals surface area (Å²) in [6.45, 7) is 7.88. The summed E-state index contributed by atoms with van der Waals surface area (Å²) in [7, 11) is 0. The normalized spacial score (nSPS) is 15.1. The summed E-state index contributed by atoms with van der Waals surface area (Å²) in [4.78, 5) is 14.4. The highest BCUT2D eigenvalue weighted by atomic mass is 32.1. The summed E-state index contributed by atoms with van der Waals surface area (Å²) in [6, 6.07) is 0. The van der Waals surface area contributed by atoms with E-state index in [4.69, 9.17) is 4.74 Å². The van der Waals surface area contributed by atoms with Gasteiger partial charge in [0.05, 0.1) is 0 Å². The van der Waals surface area contributed by atoms with Crippen LogP contribution in [-0.2, 0) is 12.8 Å². The van der Waals surface area contributed by atoms with Crippen LogP contribution in [0.15, 0.2) is 0 Å². The third-order valence-corrected chi connectivity index (χ3v) is 4.15. The number of amides is 1. The lowest BCUT2D eigenvalue weighted by atomic mass is 9.98. The van der Waals surface area contributed by atoms with Crippen LogP contribution in [0.4, 0.5) is 4.79 Å². The van der Waals surface area contributed by atoms with Gasteiger partial charge in [-0.2, -0.15) is 0 Å². The Morgan fingerprint density at radius 2 is 1.94 bits per heavy atom. The first kappa shape index (κ1) is 13.4. The molecule has 1 heterocycles. The van der Waals surface area contributed by atoms with E-state index in [1.54, 1.807) is 11.3 Å². The maximum Gasteiger partial charge on any atom is 0.413 e. The van der Waals surface area contributed by atoms with Gasteiger partial charge in [-0.1, -0.05) is 0 Å². The molecule has 1 aliphatic carbocycles. The first-order valence-corrected chi connectivity index (χ1v) is 7.29. The Bertz CT molecular complexity index is 457. The summed E-state index contributed by atoms with van der Waals surface area (Å²) in [5, 5.41) is 2.83. The number of carbonyl (C=O) groups is 1. The van der Waals surface area contributed by atoms with Gasteiger partial charge in [0.15, 0.2) is 0 Å². The molecule has 0 aliphatic heterocycles. The monoisotopic (exact) mass is 267 g/mol. The summed E-state index contributed by atoms with van der Waals surface area (Å²) in [6.07, 6.45) is 4.26. The van der Waals surface area contributed by atoms with Crippen LogP contribution in [-0.4, -0.2) is 11.6 Å². The molecule has 2 rings (SSSR count). The van der Waals surface area contributed by atoms with Crippen molar-refractivity contribution >= 4 is 17.4 Å². The fraction of sp³-hybridized carbons (Fsp3) is 0.643. The third-order valence-electron chi connectivity index (χ3n) is 2.96. The van der Waals surface area contributed by atoms with Gasteiger partial charge in [0.25, 0.3) is 0 Å². The minimum absolute atomic E-state index is 0.263. The van der Waals surface area contributed by atoms with Crippen LogP contribution in [0.2, 0.25) is 0 Å². The van der Waals surface area contributed by atoms with Crippen LogP contribution in [0.3, 0.4) is 0 Å². The second-order valence-corrected chi connectivity index (χ2v) is 7.17. The summed E-state index contributed by atoms with van der Waals surface area (Å²) < 4.78 is 5.52. The number of fused-ring (bicyclic) bond motifs is 1. The van der Waals surface area contributed by atoms with Gasteiger partial charge in [-0.25, -0.2) is 4.79 Å². The fourth-order valence-electron chi connectivity index (χ4n) is 2.23. The highest BCUT2D eigenvalue weighted by molar-refractivity contribution is 7.12. The van der Waals surface area contributed by atoms with Gasteiger partial charge in [0.1, 0.15) is 5.75 Å². The second-order valence-electron chi connectivity index (χ2n) is 5.86. The molecule has 1 aromatic heterocycles. The van der Waals surface area contributed by atoms with E-state index in [0.29, 0.717) is 0 Å². The smallest absolute Gasteiger partial charge is 0.409 e. The minimum atomic E-state index is -0.350. The lowest BCUT2D eigenvalue weighted by Gasteiger charge is -2.20. The van der Waals surface area contributed by atoms with Crippen molar-refractivity contribution in [3.63, 3.8) is 0 Å². The van der Waals surface area contributed by atoms with Gasteiger partial charge in [-0.3, -0.25) is 0 Å². The Hall–Kier alpha value is -1.03. The number of hydrogen-bond acceptors (Lipinski definition) is 3. The van der Waals surface area contributed by atoms with Crippen LogP contribution in [0.5, 0.6) is 5.75 Å². The quantitative estimate of drug-likeness (QED) is 0.840. The zero-order chi connectivity index (χ0) is 13.3. The van der Waals surface area contributed by atoms with Crippen molar-refractivity contribution in [1.82, 2.24) is 5.32 Å². The molecule has 0 atom stereocenters. The molecule has 1 N–H and O–H groups in total. The van der Waals surface area contributed by atoms with Crippen LogP contribution >= 0.6 is 11.3 Å². The van der Waals surface area contributed by atoms with E-state index in [1.165, 1.54) is 23.3 Å². The highest BCUT2D eigenvalue weighted by Crippen LogP contribution is 2.39. The summed E-state index contributed by atoms with van der Waals surface area (Å²) in [5.41, 5.74) is 0.994. The molecule has 100 valence electrons. The molecular weight excluding hydrogens is 246 g/mol. The molecule has 18 heavy (non-hydrogen) atoms. The van der Waals surface area contributed by atoms with Crippen LogP contribution in [0.25, 0.3) is 0 Å². The Morgan fingerprint density at radius 1 is 1.28 bits per heavy atom. The highest BCUT2D eigenvalue weighted by Gasteiger charge is 2.23. The molecule has 0 unspecified atom stereocenters. The lowest BCUT2D eigenvalue weighted by Crippen LogP contribution is -2.42. The van der Waals surface area contributed by atoms with Gasteiger partial charge in [-0.15, -0.1) is 11.3 Å². The standard InChI is InChI=1S/C14H21NO2S/c1-9-12(17-13(16)15-14(2,3)4)10-7-5-6-8-11(10)18-9/h5-8H2,1-4H3,(H,15,16). The SMILES string of the molecule is Cc1sc2c(c1OC(=O)NC(C)(C)C)CCCC2. The number of thiophene rings is 1. The number of carbonyl (C=O) groups excluding carboxylic acids is 1. The molecule has 3 nitrogen and oxygen atoms in total. The molecule has 0 radical (unpaired) electrons. The van der Waals surface area contributed by atoms with Gasteiger partial charge in [0, 0.05) is 20.9 Å². The van der Waals surface area contributed by atoms with Crippen molar-refractivity contribution in [1.29, 1.82) is 0 Å². The van der Waals surface area contributed by atoms with E-state index < -0.39 is 0 Å². The molecule has 0 saturated heterocycles. The van der Waals surface area contributed by atoms with Crippen molar-refractivity contribution in [3.05, 3.63) is 15.3 Å². The van der Waals surface area contributed by atoms with E-state index in [0.717, 1.165) is 23.5 Å². The average molecular weight is 267 g/mol. The Morgan fingerprint density at radius 3 is 2.61 bits per heavy atom. The van der Waals surface area contributed by atoms with Crippen LogP contribution in [0.1, 0.15) is 48.9 Å². The summed E-state index contributed by atoms with van der Waals surface area (Å²) in [5.74, 6) is 0.802. The predicted molar refractivity (Wildman–Crippen MR) is 74.6 cm³/mol. The topological polar surface area (TPSA) is 38.3 Å². The van der Waals surface area contributed by atoms with Crippen molar-refractivity contribution in [2.24, 2.45) is 0 Å². The van der Waals surface area contributed by atoms with E-state index >= 15 is 0 Å². The van der Waals surface area contributed by atoms with E-state index in [1.807, 2.05) is 27.7 Å². The van der Waals surface area contributed by atoms with Crippen molar-refractivity contribution < 1.29 is 9.53 Å². The average Bonchev–Trinajstić information content (AvgIpc) is 2.53. The molecule has 0 fully saturated rings. The number of ether oxygens (including phenoxy) is 1. The number of hydrogen-bond donors (Lipinski definition) is 1. The molecule has 4 heteroatoms. The number of nitrogens with one attached hydrogen (secondary N) is 1. The van der Waals surface area contributed by atoms with Gasteiger partial charge < -0.3 is 10.1 Å². The zero-order valence-corrected chi connectivity index (χ0v) is 12.4. The minimum Gasteiger partial charge on any atom is -0.409 e. The van der Waals surface area contributed by atoms with E-state index in [-0.39, 0.29) is 11.6 Å². The molecule has 0 spiro atoms. The first-order chi connectivity index (χ1) is 8.37. The molecule has 1 amide bonds. The predicted octanol–water partition coefficient (Wildman–Crippen LogP) is 3.82. The number of aryl methyl sites for hydroxylation is 2. The molecule has 1 aliphatic rings. The zero-order valence-electron chi connectivity index (χ0n) is 11.6. The maximum absolute atomic E-state index is 11.8. The van der Waals surface area contributed by atoms with Crippen molar-refractivity contribution in [2.75, 3.05) is 0 Å². The van der Waals surface area contributed by atoms with Crippen LogP contribution in [0, 0.1) is 6.92 Å². The largest absolute Gasteiger partial charge is 0.413 e. The van der Waals surface area contributed by atoms with Gasteiger partial charge in [0.2, 0.25) is 0 Å². The molecular formula is C14H21NO2S. The van der Waals surface area contributed by atoms with Crippen LogP contribution < -0.4 is 10.1 Å². The summed E-state index contributed by atoms with van der Waals surface area (Å²) >= 11 is 1.77. The molecule has 1 aromatic rings. The van der Waals surface area contributed by atoms with E-state index in [9.17, 15) is 4.79 Å². The van der Waals surface area contributed by atoms with Crippen molar-refractivity contribution in [3.8, 4) is 5.75 Å². The fourth-order valence-corrected chi connectivity index (χ4v) is 3.42. The second kappa shape index (κ2) is 4.92. The maximum atomic E-state index is 11.8. The molecule has 0 bridgehead atoms. The van der Waals surface area contributed by atoms with Crippen molar-refractivity contribution in [2.45, 2.75) is 58.9 Å².